The van der Waals surface area contributed by atoms with Crippen molar-refractivity contribution in [3.05, 3.63) is 46.5 Å². The number of hydrogen-bond donors (Lipinski definition) is 0. The van der Waals surface area contributed by atoms with Gasteiger partial charge < -0.3 is 18.9 Å². The Balaban J connectivity index is 1.62. The first kappa shape index (κ1) is 15.8. The maximum Gasteiger partial charge on any atom is 0.231 e. The summed E-state index contributed by atoms with van der Waals surface area (Å²) < 4.78 is 22.4. The van der Waals surface area contributed by atoms with Gasteiger partial charge in [0, 0.05) is 30.6 Å². The Morgan fingerprint density at radius 1 is 1.04 bits per heavy atom. The van der Waals surface area contributed by atoms with E-state index in [0.29, 0.717) is 18.8 Å². The quantitative estimate of drug-likeness (QED) is 0.824. The zero-order valence-electron chi connectivity index (χ0n) is 15.4. The van der Waals surface area contributed by atoms with Gasteiger partial charge in [-0.05, 0) is 41.3 Å². The Morgan fingerprint density at radius 3 is 2.62 bits per heavy atom. The molecule has 0 fully saturated rings. The van der Waals surface area contributed by atoms with Crippen LogP contribution in [0.4, 0.5) is 0 Å². The molecule has 0 saturated carbocycles. The van der Waals surface area contributed by atoms with E-state index in [0.717, 1.165) is 42.5 Å². The summed E-state index contributed by atoms with van der Waals surface area (Å²) in [6.45, 7) is 4.53. The minimum atomic E-state index is 0.321. The number of benzene rings is 2. The molecule has 0 saturated heterocycles. The smallest absolute Gasteiger partial charge is 0.231 e. The van der Waals surface area contributed by atoms with E-state index < -0.39 is 0 Å². The van der Waals surface area contributed by atoms with E-state index in [2.05, 4.69) is 30.0 Å². The van der Waals surface area contributed by atoms with Gasteiger partial charge in [0.05, 0.1) is 14.2 Å². The molecule has 0 bridgehead atoms. The van der Waals surface area contributed by atoms with Gasteiger partial charge in [-0.3, -0.25) is 4.90 Å². The van der Waals surface area contributed by atoms with Crippen molar-refractivity contribution in [2.45, 2.75) is 31.8 Å². The van der Waals surface area contributed by atoms with E-state index in [1.165, 1.54) is 22.3 Å². The molecular formula is C21H23NO4. The highest BCUT2D eigenvalue weighted by Gasteiger charge is 2.39. The fourth-order valence-electron chi connectivity index (χ4n) is 4.82. The predicted molar refractivity (Wildman–Crippen MR) is 97.4 cm³/mol. The summed E-state index contributed by atoms with van der Waals surface area (Å²) in [7, 11) is 3.42. The maximum atomic E-state index is 5.70. The van der Waals surface area contributed by atoms with Crippen molar-refractivity contribution in [2.24, 2.45) is 0 Å². The van der Waals surface area contributed by atoms with E-state index in [4.69, 9.17) is 18.9 Å². The molecule has 0 N–H and O–H groups in total. The Bertz CT molecular complexity index is 879. The van der Waals surface area contributed by atoms with E-state index >= 15 is 0 Å². The van der Waals surface area contributed by atoms with Crippen LogP contribution >= 0.6 is 0 Å². The van der Waals surface area contributed by atoms with Crippen LogP contribution in [0.1, 0.15) is 41.1 Å². The molecule has 0 spiro atoms. The first-order valence-electron chi connectivity index (χ1n) is 9.11. The summed E-state index contributed by atoms with van der Waals surface area (Å²) in [4.78, 5) is 2.56. The summed E-state index contributed by atoms with van der Waals surface area (Å²) in [5, 5.41) is 0. The number of nitrogens with zero attached hydrogens (tertiary/aromatic N) is 1. The highest BCUT2D eigenvalue weighted by atomic mass is 16.7. The van der Waals surface area contributed by atoms with Crippen molar-refractivity contribution >= 4 is 0 Å². The number of hydrogen-bond acceptors (Lipinski definition) is 5. The molecule has 2 aromatic rings. The van der Waals surface area contributed by atoms with Gasteiger partial charge in [0.1, 0.15) is 0 Å². The van der Waals surface area contributed by atoms with Crippen molar-refractivity contribution in [3.8, 4) is 23.0 Å². The largest absolute Gasteiger partial charge is 0.493 e. The molecule has 3 heterocycles. The third kappa shape index (κ3) is 2.13. The molecule has 5 rings (SSSR count). The first-order valence-corrected chi connectivity index (χ1v) is 9.11. The van der Waals surface area contributed by atoms with Crippen LogP contribution in [0.5, 0.6) is 23.0 Å². The molecule has 0 unspecified atom stereocenters. The normalized spacial score (nSPS) is 23.0. The second-order valence-electron chi connectivity index (χ2n) is 7.23. The van der Waals surface area contributed by atoms with Crippen molar-refractivity contribution in [1.29, 1.82) is 0 Å². The lowest BCUT2D eigenvalue weighted by atomic mass is 9.77. The van der Waals surface area contributed by atoms with Gasteiger partial charge in [0.15, 0.2) is 23.0 Å². The van der Waals surface area contributed by atoms with Gasteiger partial charge >= 0.3 is 0 Å². The molecule has 0 aliphatic carbocycles. The van der Waals surface area contributed by atoms with Gasteiger partial charge in [-0.15, -0.1) is 0 Å². The zero-order valence-corrected chi connectivity index (χ0v) is 15.4. The van der Waals surface area contributed by atoms with Crippen LogP contribution in [0.2, 0.25) is 0 Å². The zero-order chi connectivity index (χ0) is 17.8. The SMILES string of the molecule is COc1ccc2c(c1OC)CN1CCc3cc4c(cc3[C@H]1[C@H]2C)OCO4. The average molecular weight is 353 g/mol. The van der Waals surface area contributed by atoms with Crippen LogP contribution in [0.25, 0.3) is 0 Å². The number of rotatable bonds is 2. The molecule has 0 amide bonds. The molecule has 3 aliphatic rings. The van der Waals surface area contributed by atoms with Gasteiger partial charge in [-0.2, -0.15) is 0 Å². The molecule has 0 aromatic heterocycles. The molecule has 5 heteroatoms. The van der Waals surface area contributed by atoms with Crippen LogP contribution in [-0.4, -0.2) is 32.5 Å². The van der Waals surface area contributed by atoms with Crippen LogP contribution in [-0.2, 0) is 13.0 Å². The van der Waals surface area contributed by atoms with E-state index in [1.54, 1.807) is 14.2 Å². The molecule has 2 aromatic carbocycles. The molecule has 26 heavy (non-hydrogen) atoms. The molecule has 136 valence electrons. The Morgan fingerprint density at radius 2 is 1.85 bits per heavy atom. The first-order chi connectivity index (χ1) is 12.7. The lowest BCUT2D eigenvalue weighted by Gasteiger charge is -2.45. The fourth-order valence-corrected chi connectivity index (χ4v) is 4.82. The second-order valence-corrected chi connectivity index (χ2v) is 7.23. The maximum absolute atomic E-state index is 5.70. The molecule has 0 radical (unpaired) electrons. The Labute approximate surface area is 153 Å². The van der Waals surface area contributed by atoms with E-state index in [-0.39, 0.29) is 0 Å². The highest BCUT2D eigenvalue weighted by Crippen LogP contribution is 2.51. The number of methoxy groups -OCH3 is 2. The summed E-state index contributed by atoms with van der Waals surface area (Å²) in [6.07, 6.45) is 1.02. The monoisotopic (exact) mass is 353 g/mol. The third-order valence-electron chi connectivity index (χ3n) is 6.02. The van der Waals surface area contributed by atoms with Gasteiger partial charge in [-0.25, -0.2) is 0 Å². The Hall–Kier alpha value is -2.40. The van der Waals surface area contributed by atoms with Crippen molar-refractivity contribution in [3.63, 3.8) is 0 Å². The minimum absolute atomic E-state index is 0.321. The van der Waals surface area contributed by atoms with Gasteiger partial charge in [-0.1, -0.05) is 13.0 Å². The summed E-state index contributed by atoms with van der Waals surface area (Å²) in [5.41, 5.74) is 5.34. The van der Waals surface area contributed by atoms with Crippen molar-refractivity contribution in [2.75, 3.05) is 27.6 Å². The van der Waals surface area contributed by atoms with Crippen LogP contribution in [0.3, 0.4) is 0 Å². The second kappa shape index (κ2) is 5.81. The number of ether oxygens (including phenoxy) is 4. The van der Waals surface area contributed by atoms with E-state index in [9.17, 15) is 0 Å². The standard InChI is InChI=1S/C21H23NO4/c1-12-14-4-5-17(23-2)21(24-3)16(14)10-22-7-6-13-8-18-19(26-11-25-18)9-15(13)20(12)22/h4-5,8-9,12,20H,6-7,10-11H2,1-3H3/t12-,20+/m0/s1. The van der Waals surface area contributed by atoms with Gasteiger partial charge in [0.2, 0.25) is 6.79 Å². The lowest BCUT2D eigenvalue weighted by molar-refractivity contribution is 0.136. The van der Waals surface area contributed by atoms with Crippen molar-refractivity contribution < 1.29 is 18.9 Å². The van der Waals surface area contributed by atoms with Crippen LogP contribution in [0.15, 0.2) is 24.3 Å². The minimum Gasteiger partial charge on any atom is -0.493 e. The topological polar surface area (TPSA) is 40.2 Å². The average Bonchev–Trinajstić information content (AvgIpc) is 3.12. The van der Waals surface area contributed by atoms with Gasteiger partial charge in [0.25, 0.3) is 0 Å². The van der Waals surface area contributed by atoms with E-state index in [1.807, 2.05) is 6.07 Å². The summed E-state index contributed by atoms with van der Waals surface area (Å²) in [6, 6.07) is 8.93. The molecule has 2 atom stereocenters. The Kier molecular flexibility index (Phi) is 3.54. The summed E-state index contributed by atoms with van der Waals surface area (Å²) >= 11 is 0. The lowest BCUT2D eigenvalue weighted by Crippen LogP contribution is -2.41. The summed E-state index contributed by atoms with van der Waals surface area (Å²) in [5.74, 6) is 3.78. The molecular weight excluding hydrogens is 330 g/mol. The third-order valence-corrected chi connectivity index (χ3v) is 6.02. The van der Waals surface area contributed by atoms with Crippen molar-refractivity contribution in [1.82, 2.24) is 4.90 Å². The highest BCUT2D eigenvalue weighted by molar-refractivity contribution is 5.56. The van der Waals surface area contributed by atoms with Crippen LogP contribution < -0.4 is 18.9 Å². The molecule has 3 aliphatic heterocycles. The predicted octanol–water partition coefficient (Wildman–Crippen LogP) is 3.65. The fraction of sp³-hybridized carbons (Fsp3) is 0.429. The number of fused-ring (bicyclic) bond motifs is 5. The van der Waals surface area contributed by atoms with Crippen LogP contribution in [0, 0.1) is 0 Å². The molecule has 5 nitrogen and oxygen atoms in total.